The largest absolute Gasteiger partial charge is 0.493 e. The molecule has 2 saturated heterocycles. The third-order valence-corrected chi connectivity index (χ3v) is 9.13. The zero-order valence-electron chi connectivity index (χ0n) is 23.1. The fourth-order valence-electron chi connectivity index (χ4n) is 6.36. The van der Waals surface area contributed by atoms with Crippen LogP contribution in [-0.4, -0.2) is 67.1 Å². The molecule has 10 heteroatoms. The zero-order chi connectivity index (χ0) is 29.2. The molecule has 2 aliphatic heterocycles. The van der Waals surface area contributed by atoms with Crippen LogP contribution in [-0.2, 0) is 4.79 Å². The summed E-state index contributed by atoms with van der Waals surface area (Å²) in [5.41, 5.74) is 5.00. The molecule has 1 saturated carbocycles. The maximum Gasteiger partial charge on any atom is 0.395 e. The van der Waals surface area contributed by atoms with Gasteiger partial charge in [0, 0.05) is 36.8 Å². The second-order valence-corrected chi connectivity index (χ2v) is 11.8. The minimum absolute atomic E-state index is 0.0736. The van der Waals surface area contributed by atoms with E-state index in [1.165, 1.54) is 6.07 Å². The molecule has 2 aromatic carbocycles. The van der Waals surface area contributed by atoms with Crippen molar-refractivity contribution in [3.05, 3.63) is 53.8 Å². The van der Waals surface area contributed by atoms with Crippen molar-refractivity contribution in [3.63, 3.8) is 0 Å². The number of carbonyl (C=O) groups excluding carboxylic acids is 2. The summed E-state index contributed by atoms with van der Waals surface area (Å²) in [4.78, 5) is 28.6. The molecule has 5 rings (SSSR count). The molecular weight excluding hydrogens is 538 g/mol. The Hall–Kier alpha value is -3.14. The lowest BCUT2D eigenvalue weighted by atomic mass is 9.67. The lowest BCUT2D eigenvalue weighted by Crippen LogP contribution is -2.53. The number of halogens is 4. The van der Waals surface area contributed by atoms with Gasteiger partial charge in [-0.1, -0.05) is 24.6 Å². The molecule has 0 spiro atoms. The van der Waals surface area contributed by atoms with Crippen LogP contribution in [0.3, 0.4) is 0 Å². The van der Waals surface area contributed by atoms with Crippen LogP contribution in [0.25, 0.3) is 11.1 Å². The highest BCUT2D eigenvalue weighted by atomic mass is 19.4. The van der Waals surface area contributed by atoms with Gasteiger partial charge in [0.05, 0.1) is 17.9 Å². The number of ether oxygens (including phenoxy) is 1. The zero-order valence-corrected chi connectivity index (χ0v) is 23.1. The fourth-order valence-corrected chi connectivity index (χ4v) is 6.36. The third-order valence-electron chi connectivity index (χ3n) is 9.13. The van der Waals surface area contributed by atoms with Crippen LogP contribution >= 0.6 is 0 Å². The molecule has 2 N–H and O–H groups in total. The molecule has 41 heavy (non-hydrogen) atoms. The van der Waals surface area contributed by atoms with Gasteiger partial charge in [-0.05, 0) is 81.3 Å². The molecular formula is C31H37F4N3O3. The predicted molar refractivity (Wildman–Crippen MR) is 147 cm³/mol. The molecule has 2 amide bonds. The minimum Gasteiger partial charge on any atom is -0.493 e. The van der Waals surface area contributed by atoms with Crippen molar-refractivity contribution in [3.8, 4) is 16.9 Å². The van der Waals surface area contributed by atoms with Crippen molar-refractivity contribution in [1.29, 1.82) is 0 Å². The van der Waals surface area contributed by atoms with Crippen molar-refractivity contribution in [2.45, 2.75) is 51.1 Å². The Balaban J connectivity index is 1.18. The summed E-state index contributed by atoms with van der Waals surface area (Å²) in [6.07, 6.45) is -0.298. The molecule has 1 unspecified atom stereocenters. The Bertz CT molecular complexity index is 1260. The first kappa shape index (κ1) is 29.4. The lowest BCUT2D eigenvalue weighted by molar-refractivity contribution is -0.256. The van der Waals surface area contributed by atoms with Crippen LogP contribution in [0.2, 0.25) is 0 Å². The van der Waals surface area contributed by atoms with Crippen molar-refractivity contribution in [2.75, 3.05) is 39.3 Å². The number of hydrogen-bond acceptors (Lipinski definition) is 4. The maximum atomic E-state index is 15.3. The number of amides is 2. The van der Waals surface area contributed by atoms with Gasteiger partial charge in [0.1, 0.15) is 11.6 Å². The van der Waals surface area contributed by atoms with Gasteiger partial charge < -0.3 is 20.3 Å². The van der Waals surface area contributed by atoms with E-state index in [4.69, 9.17) is 10.5 Å². The highest BCUT2D eigenvalue weighted by Crippen LogP contribution is 2.53. The van der Waals surface area contributed by atoms with Crippen LogP contribution in [0.1, 0.15) is 55.3 Å². The number of benzene rings is 2. The van der Waals surface area contributed by atoms with E-state index < -0.39 is 23.3 Å². The van der Waals surface area contributed by atoms with Gasteiger partial charge in [-0.3, -0.25) is 9.59 Å². The van der Waals surface area contributed by atoms with Gasteiger partial charge >= 0.3 is 6.18 Å². The van der Waals surface area contributed by atoms with Crippen LogP contribution < -0.4 is 10.5 Å². The average molecular weight is 576 g/mol. The second kappa shape index (κ2) is 12.0. The summed E-state index contributed by atoms with van der Waals surface area (Å²) in [7, 11) is 0. The van der Waals surface area contributed by atoms with Gasteiger partial charge in [-0.15, -0.1) is 0 Å². The summed E-state index contributed by atoms with van der Waals surface area (Å²) < 4.78 is 61.8. The standard InChI is InChI=1S/C31H37F4N3O3/c32-27-17-23(41-19-21-10-15-37(16-11-21)20-30(12-4-13-30)31(33,34)35)8-9-25(27)24-6-1-2-7-26(24)29(40)38-14-3-5-22(18-38)28(36)39/h1-2,6-9,17,21-22H,3-5,10-16,18-20H2,(H2,36,39). The Morgan fingerprint density at radius 1 is 0.976 bits per heavy atom. The Labute approximate surface area is 237 Å². The summed E-state index contributed by atoms with van der Waals surface area (Å²) in [5, 5.41) is 0. The molecule has 1 atom stereocenters. The van der Waals surface area contributed by atoms with Crippen molar-refractivity contribution in [1.82, 2.24) is 9.80 Å². The van der Waals surface area contributed by atoms with Gasteiger partial charge in [-0.25, -0.2) is 4.39 Å². The van der Waals surface area contributed by atoms with Gasteiger partial charge in [0.15, 0.2) is 0 Å². The van der Waals surface area contributed by atoms with E-state index >= 15 is 4.39 Å². The second-order valence-electron chi connectivity index (χ2n) is 11.8. The van der Waals surface area contributed by atoms with E-state index in [-0.39, 0.29) is 49.2 Å². The number of piperidine rings is 2. The van der Waals surface area contributed by atoms with Crippen molar-refractivity contribution < 1.29 is 31.9 Å². The lowest BCUT2D eigenvalue weighted by Gasteiger charge is -2.47. The fraction of sp³-hybridized carbons (Fsp3) is 0.548. The number of rotatable bonds is 8. The molecule has 0 aromatic heterocycles. The van der Waals surface area contributed by atoms with Crippen LogP contribution in [0.5, 0.6) is 5.75 Å². The van der Waals surface area contributed by atoms with E-state index in [1.807, 2.05) is 4.90 Å². The number of carbonyl (C=O) groups is 2. The highest BCUT2D eigenvalue weighted by Gasteiger charge is 2.58. The quantitative estimate of drug-likeness (QED) is 0.413. The first-order valence-electron chi connectivity index (χ1n) is 14.5. The average Bonchev–Trinajstić information content (AvgIpc) is 2.93. The van der Waals surface area contributed by atoms with E-state index in [9.17, 15) is 22.8 Å². The number of nitrogens with zero attached hydrogens (tertiary/aromatic N) is 2. The minimum atomic E-state index is -4.16. The number of alkyl halides is 3. The normalized spacial score (nSPS) is 21.8. The van der Waals surface area contributed by atoms with Gasteiger partial charge in [-0.2, -0.15) is 13.2 Å². The van der Waals surface area contributed by atoms with Crippen molar-refractivity contribution >= 4 is 11.8 Å². The number of likely N-dealkylation sites (tertiary alicyclic amines) is 2. The maximum absolute atomic E-state index is 15.3. The number of primary amides is 1. The van der Waals surface area contributed by atoms with E-state index in [0.717, 1.165) is 12.8 Å². The molecule has 2 heterocycles. The monoisotopic (exact) mass is 575 g/mol. The first-order valence-corrected chi connectivity index (χ1v) is 14.5. The molecule has 0 bridgehead atoms. The van der Waals surface area contributed by atoms with Crippen LogP contribution in [0.4, 0.5) is 17.6 Å². The van der Waals surface area contributed by atoms with Gasteiger partial charge in [0.25, 0.3) is 5.91 Å². The molecule has 3 fully saturated rings. The Morgan fingerprint density at radius 2 is 1.71 bits per heavy atom. The van der Waals surface area contributed by atoms with Crippen LogP contribution in [0, 0.1) is 23.1 Å². The molecule has 0 radical (unpaired) electrons. The molecule has 222 valence electrons. The highest BCUT2D eigenvalue weighted by molar-refractivity contribution is 6.01. The van der Waals surface area contributed by atoms with E-state index in [1.54, 1.807) is 41.3 Å². The SMILES string of the molecule is NC(=O)C1CCCN(C(=O)c2ccccc2-c2ccc(OCC3CCN(CC4(C(F)(F)F)CCC4)CC3)cc2F)C1. The summed E-state index contributed by atoms with van der Waals surface area (Å²) in [6.45, 7) is 2.39. The summed E-state index contributed by atoms with van der Waals surface area (Å²) >= 11 is 0. The molecule has 1 aliphatic carbocycles. The van der Waals surface area contributed by atoms with Crippen molar-refractivity contribution in [2.24, 2.45) is 23.0 Å². The Kier molecular flexibility index (Phi) is 8.59. The van der Waals surface area contributed by atoms with E-state index in [0.29, 0.717) is 62.4 Å². The van der Waals surface area contributed by atoms with E-state index in [2.05, 4.69) is 0 Å². The van der Waals surface area contributed by atoms with Crippen LogP contribution in [0.15, 0.2) is 42.5 Å². The molecule has 3 aliphatic rings. The summed E-state index contributed by atoms with van der Waals surface area (Å²) in [6, 6.07) is 11.4. The Morgan fingerprint density at radius 3 is 2.34 bits per heavy atom. The smallest absolute Gasteiger partial charge is 0.395 e. The van der Waals surface area contributed by atoms with Gasteiger partial charge in [0.2, 0.25) is 5.91 Å². The topological polar surface area (TPSA) is 75.9 Å². The first-order chi connectivity index (χ1) is 19.6. The third kappa shape index (κ3) is 6.37. The molecule has 6 nitrogen and oxygen atoms in total. The molecule has 2 aromatic rings. The number of hydrogen-bond donors (Lipinski definition) is 1. The predicted octanol–water partition coefficient (Wildman–Crippen LogP) is 5.65. The summed E-state index contributed by atoms with van der Waals surface area (Å²) in [5.74, 6) is -1.06. The number of nitrogens with two attached hydrogens (primary N) is 1.